The van der Waals surface area contributed by atoms with E-state index >= 15 is 0 Å². The second kappa shape index (κ2) is 6.59. The van der Waals surface area contributed by atoms with Crippen molar-refractivity contribution >= 4 is 29.6 Å². The number of hydrogen-bond acceptors (Lipinski definition) is 4. The van der Waals surface area contributed by atoms with Crippen molar-refractivity contribution in [2.24, 2.45) is 5.92 Å². The maximum atomic E-state index is 12.2. The Morgan fingerprint density at radius 3 is 2.22 bits per heavy atom. The topological polar surface area (TPSA) is 52.6 Å². The molecule has 0 amide bonds. The smallest absolute Gasteiger partial charge is 0.349 e. The van der Waals surface area contributed by atoms with Gasteiger partial charge in [0, 0.05) is 18.9 Å². The highest BCUT2D eigenvalue weighted by Gasteiger charge is 2.40. The van der Waals surface area contributed by atoms with Crippen LogP contribution in [0.1, 0.15) is 33.3 Å². The number of cyclic esters (lactones) is 2. The Balaban J connectivity index is 2.44. The van der Waals surface area contributed by atoms with Crippen LogP contribution < -0.4 is 0 Å². The molecule has 0 saturated carbocycles. The fourth-order valence-corrected chi connectivity index (χ4v) is 2.44. The Bertz CT molecular complexity index is 677. The van der Waals surface area contributed by atoms with Crippen molar-refractivity contribution in [1.29, 1.82) is 0 Å². The van der Waals surface area contributed by atoms with Gasteiger partial charge in [0.2, 0.25) is 0 Å². The molecule has 0 aromatic heterocycles. The molecule has 0 spiro atoms. The van der Waals surface area contributed by atoms with Crippen LogP contribution in [0.2, 0.25) is 5.02 Å². The number of benzene rings is 1. The summed E-state index contributed by atoms with van der Waals surface area (Å²) in [4.78, 5) is 24.4. The number of halogens is 1. The fraction of sp³-hybridized carbons (Fsp3) is 0.333. The first-order valence-corrected chi connectivity index (χ1v) is 7.72. The van der Waals surface area contributed by atoms with Crippen LogP contribution in [-0.4, -0.2) is 17.7 Å². The van der Waals surface area contributed by atoms with Gasteiger partial charge in [0.1, 0.15) is 5.57 Å². The quantitative estimate of drug-likeness (QED) is 0.473. The normalized spacial score (nSPS) is 17.4. The van der Waals surface area contributed by atoms with E-state index in [1.54, 1.807) is 18.2 Å². The summed E-state index contributed by atoms with van der Waals surface area (Å²) in [5.74, 6) is -2.64. The van der Waals surface area contributed by atoms with Crippen LogP contribution in [0, 0.1) is 5.92 Å². The number of hydrogen-bond donors (Lipinski definition) is 0. The van der Waals surface area contributed by atoms with Crippen LogP contribution in [0.5, 0.6) is 0 Å². The molecule has 23 heavy (non-hydrogen) atoms. The van der Waals surface area contributed by atoms with Gasteiger partial charge in [-0.2, -0.15) is 0 Å². The number of allylic oxidation sites excluding steroid dienone is 2. The summed E-state index contributed by atoms with van der Waals surface area (Å²) < 4.78 is 10.3. The van der Waals surface area contributed by atoms with Gasteiger partial charge in [0.05, 0.1) is 0 Å². The molecule has 2 rings (SSSR count). The van der Waals surface area contributed by atoms with E-state index in [4.69, 9.17) is 21.1 Å². The lowest BCUT2D eigenvalue weighted by Crippen LogP contribution is -2.42. The summed E-state index contributed by atoms with van der Waals surface area (Å²) in [6, 6.07) is 7.32. The predicted molar refractivity (Wildman–Crippen MR) is 88.6 cm³/mol. The molecule has 1 aromatic rings. The zero-order valence-corrected chi connectivity index (χ0v) is 14.3. The third-order valence-electron chi connectivity index (χ3n) is 3.34. The van der Waals surface area contributed by atoms with Crippen LogP contribution in [-0.2, 0) is 19.1 Å². The first-order chi connectivity index (χ1) is 10.7. The molecule has 0 N–H and O–H groups in total. The molecule has 1 aromatic carbocycles. The fourth-order valence-electron chi connectivity index (χ4n) is 2.24. The van der Waals surface area contributed by atoms with Crippen molar-refractivity contribution in [3.63, 3.8) is 0 Å². The summed E-state index contributed by atoms with van der Waals surface area (Å²) in [6.45, 7) is 6.82. The van der Waals surface area contributed by atoms with Gasteiger partial charge in [-0.05, 0) is 23.1 Å². The minimum atomic E-state index is -1.24. The molecule has 0 radical (unpaired) electrons. The molecular weight excluding hydrogens is 316 g/mol. The van der Waals surface area contributed by atoms with Crippen molar-refractivity contribution in [2.75, 3.05) is 0 Å². The van der Waals surface area contributed by atoms with Crippen LogP contribution in [0.3, 0.4) is 0 Å². The molecule has 0 aliphatic carbocycles. The van der Waals surface area contributed by atoms with Gasteiger partial charge < -0.3 is 9.47 Å². The van der Waals surface area contributed by atoms with Crippen LogP contribution in [0.4, 0.5) is 0 Å². The van der Waals surface area contributed by atoms with Crippen LogP contribution in [0.25, 0.3) is 6.08 Å². The second-order valence-electron chi connectivity index (χ2n) is 6.02. The molecule has 5 heteroatoms. The van der Waals surface area contributed by atoms with Gasteiger partial charge in [-0.3, -0.25) is 0 Å². The molecule has 4 nitrogen and oxygen atoms in total. The molecule has 1 aliphatic heterocycles. The molecule has 1 aliphatic rings. The van der Waals surface area contributed by atoms with Crippen molar-refractivity contribution in [3.8, 4) is 0 Å². The minimum absolute atomic E-state index is 0.0648. The van der Waals surface area contributed by atoms with E-state index in [0.29, 0.717) is 10.6 Å². The number of ether oxygens (including phenoxy) is 2. The van der Waals surface area contributed by atoms with E-state index in [0.717, 1.165) is 5.56 Å². The third-order valence-corrected chi connectivity index (χ3v) is 3.69. The third kappa shape index (κ3) is 4.02. The molecule has 1 saturated heterocycles. The molecule has 1 heterocycles. The predicted octanol–water partition coefficient (Wildman–Crippen LogP) is 4.14. The lowest BCUT2D eigenvalue weighted by atomic mass is 9.95. The Labute approximate surface area is 140 Å². The first-order valence-electron chi connectivity index (χ1n) is 7.35. The first kappa shape index (κ1) is 17.3. The van der Waals surface area contributed by atoms with E-state index in [1.807, 2.05) is 32.0 Å². The average Bonchev–Trinajstić information content (AvgIpc) is 2.41. The Morgan fingerprint density at radius 1 is 1.13 bits per heavy atom. The van der Waals surface area contributed by atoms with Crippen molar-refractivity contribution < 1.29 is 19.1 Å². The highest BCUT2D eigenvalue weighted by Crippen LogP contribution is 2.28. The van der Waals surface area contributed by atoms with Gasteiger partial charge in [-0.15, -0.1) is 0 Å². The zero-order chi connectivity index (χ0) is 17.2. The highest BCUT2D eigenvalue weighted by molar-refractivity contribution is 6.32. The number of rotatable bonds is 3. The Hall–Kier alpha value is -2.07. The number of esters is 2. The van der Waals surface area contributed by atoms with E-state index in [-0.39, 0.29) is 11.5 Å². The van der Waals surface area contributed by atoms with Gasteiger partial charge in [0.15, 0.2) is 0 Å². The van der Waals surface area contributed by atoms with E-state index < -0.39 is 17.7 Å². The largest absolute Gasteiger partial charge is 0.419 e. The lowest BCUT2D eigenvalue weighted by Gasteiger charge is -2.31. The summed E-state index contributed by atoms with van der Waals surface area (Å²) in [7, 11) is 0. The molecule has 0 unspecified atom stereocenters. The van der Waals surface area contributed by atoms with Gasteiger partial charge in [0.25, 0.3) is 5.79 Å². The monoisotopic (exact) mass is 334 g/mol. The number of carbonyl (C=O) groups excluding carboxylic acids is 2. The van der Waals surface area contributed by atoms with Gasteiger partial charge in [-0.25, -0.2) is 9.59 Å². The summed E-state index contributed by atoms with van der Waals surface area (Å²) in [5.41, 5.74) is 1.28. The van der Waals surface area contributed by atoms with E-state index in [9.17, 15) is 9.59 Å². The Morgan fingerprint density at radius 2 is 1.70 bits per heavy atom. The lowest BCUT2D eigenvalue weighted by molar-refractivity contribution is -0.222. The molecule has 1 fully saturated rings. The average molecular weight is 335 g/mol. The van der Waals surface area contributed by atoms with Gasteiger partial charge in [-0.1, -0.05) is 55.8 Å². The highest BCUT2D eigenvalue weighted by atomic mass is 35.5. The standard InChI is InChI=1S/C18H19ClO4/c1-11(2)13(10-9-12-7-5-6-8-14(12)19)15-16(20)22-18(3,4)23-17(15)21/h5-11H,1-4H3/b10-9+. The molecular formula is C18H19ClO4. The maximum Gasteiger partial charge on any atom is 0.349 e. The minimum Gasteiger partial charge on any atom is -0.419 e. The van der Waals surface area contributed by atoms with Crippen LogP contribution in [0.15, 0.2) is 41.5 Å². The zero-order valence-electron chi connectivity index (χ0n) is 13.6. The van der Waals surface area contributed by atoms with Crippen LogP contribution >= 0.6 is 11.6 Å². The summed E-state index contributed by atoms with van der Waals surface area (Å²) in [6.07, 6.45) is 3.48. The maximum absolute atomic E-state index is 12.2. The van der Waals surface area contributed by atoms with E-state index in [1.165, 1.54) is 13.8 Å². The summed E-state index contributed by atoms with van der Waals surface area (Å²) >= 11 is 6.12. The van der Waals surface area contributed by atoms with Crippen molar-refractivity contribution in [2.45, 2.75) is 33.5 Å². The number of carbonyl (C=O) groups is 2. The van der Waals surface area contributed by atoms with Crippen molar-refractivity contribution in [1.82, 2.24) is 0 Å². The second-order valence-corrected chi connectivity index (χ2v) is 6.43. The SMILES string of the molecule is CC(C)C(/C=C/c1ccccc1Cl)=C1C(=O)OC(C)(C)OC1=O. The Kier molecular flexibility index (Phi) is 4.95. The van der Waals surface area contributed by atoms with Crippen molar-refractivity contribution in [3.05, 3.63) is 52.1 Å². The summed E-state index contributed by atoms with van der Waals surface area (Å²) in [5, 5.41) is 0.590. The molecule has 0 atom stereocenters. The molecule has 122 valence electrons. The van der Waals surface area contributed by atoms with Gasteiger partial charge >= 0.3 is 11.9 Å². The van der Waals surface area contributed by atoms with E-state index in [2.05, 4.69) is 0 Å². The molecule has 0 bridgehead atoms.